The van der Waals surface area contributed by atoms with Crippen molar-refractivity contribution < 1.29 is 4.79 Å². The maximum atomic E-state index is 12.2. The average molecular weight is 251 g/mol. The van der Waals surface area contributed by atoms with Crippen LogP contribution in [0.25, 0.3) is 0 Å². The highest BCUT2D eigenvalue weighted by molar-refractivity contribution is 5.77. The highest BCUT2D eigenvalue weighted by Crippen LogP contribution is 2.27. The third-order valence-electron chi connectivity index (χ3n) is 4.49. The molecule has 0 unspecified atom stereocenters. The Morgan fingerprint density at radius 3 is 2.39 bits per heavy atom. The van der Waals surface area contributed by atoms with Crippen molar-refractivity contribution in [3.63, 3.8) is 0 Å². The maximum Gasteiger partial charge on any atom is 0.220 e. The molecule has 104 valence electrons. The van der Waals surface area contributed by atoms with E-state index in [4.69, 9.17) is 0 Å². The maximum absolute atomic E-state index is 12.2. The van der Waals surface area contributed by atoms with E-state index in [0.717, 1.165) is 25.7 Å². The summed E-state index contributed by atoms with van der Waals surface area (Å²) < 4.78 is 0. The molecular formula is C16H29NO. The van der Waals surface area contributed by atoms with Crippen LogP contribution < -0.4 is 5.32 Å². The van der Waals surface area contributed by atoms with Crippen molar-refractivity contribution in [2.24, 2.45) is 5.92 Å². The normalized spacial score (nSPS) is 17.4. The zero-order valence-electron chi connectivity index (χ0n) is 12.1. The van der Waals surface area contributed by atoms with Crippen LogP contribution in [0.4, 0.5) is 0 Å². The Labute approximate surface area is 112 Å². The molecule has 0 bridgehead atoms. The van der Waals surface area contributed by atoms with Gasteiger partial charge in [-0.2, -0.15) is 0 Å². The summed E-state index contributed by atoms with van der Waals surface area (Å²) in [6.07, 6.45) is 11.9. The summed E-state index contributed by atoms with van der Waals surface area (Å²) in [7, 11) is 0. The summed E-state index contributed by atoms with van der Waals surface area (Å²) in [5.74, 6) is 0.862. The van der Waals surface area contributed by atoms with Gasteiger partial charge in [-0.1, -0.05) is 39.2 Å². The molecule has 0 aromatic rings. The van der Waals surface area contributed by atoms with Crippen molar-refractivity contribution >= 4 is 5.91 Å². The topological polar surface area (TPSA) is 29.1 Å². The van der Waals surface area contributed by atoms with Crippen LogP contribution >= 0.6 is 0 Å². The summed E-state index contributed by atoms with van der Waals surface area (Å²) in [4.78, 5) is 12.2. The third-order valence-corrected chi connectivity index (χ3v) is 4.49. The number of rotatable bonds is 7. The van der Waals surface area contributed by atoms with E-state index in [1.54, 1.807) is 0 Å². The van der Waals surface area contributed by atoms with E-state index in [0.29, 0.717) is 5.92 Å². The molecule has 1 rings (SSSR count). The molecule has 0 saturated heterocycles. The minimum Gasteiger partial charge on any atom is -0.350 e. The van der Waals surface area contributed by atoms with E-state index < -0.39 is 0 Å². The molecule has 1 amide bonds. The zero-order valence-corrected chi connectivity index (χ0v) is 12.1. The Bertz CT molecular complexity index is 262. The molecule has 0 spiro atoms. The first-order valence-corrected chi connectivity index (χ1v) is 7.57. The van der Waals surface area contributed by atoms with Gasteiger partial charge in [0.1, 0.15) is 0 Å². The van der Waals surface area contributed by atoms with Crippen molar-refractivity contribution in [3.8, 4) is 0 Å². The highest BCUT2D eigenvalue weighted by Gasteiger charge is 2.27. The number of hydrogen-bond acceptors (Lipinski definition) is 1. The summed E-state index contributed by atoms with van der Waals surface area (Å²) in [5.41, 5.74) is -0.0620. The molecule has 2 nitrogen and oxygen atoms in total. The fraction of sp³-hybridized carbons (Fsp3) is 0.812. The van der Waals surface area contributed by atoms with Crippen LogP contribution in [-0.2, 0) is 4.79 Å². The van der Waals surface area contributed by atoms with Gasteiger partial charge in [0, 0.05) is 12.0 Å². The first-order chi connectivity index (χ1) is 8.65. The predicted molar refractivity (Wildman–Crippen MR) is 77.5 cm³/mol. The van der Waals surface area contributed by atoms with Crippen LogP contribution in [0.2, 0.25) is 0 Å². The van der Waals surface area contributed by atoms with Gasteiger partial charge in [-0.3, -0.25) is 4.79 Å². The van der Waals surface area contributed by atoms with Crippen LogP contribution in [0.15, 0.2) is 12.7 Å². The van der Waals surface area contributed by atoms with Gasteiger partial charge in [0.05, 0.1) is 0 Å². The molecule has 1 saturated carbocycles. The summed E-state index contributed by atoms with van der Waals surface area (Å²) in [6, 6.07) is 0. The predicted octanol–water partition coefficient (Wildman–Crippen LogP) is 4.21. The van der Waals surface area contributed by atoms with Crippen LogP contribution in [0.1, 0.15) is 71.6 Å². The standard InChI is InChI=1S/C16H29NO/c1-4-12-16(5-2,6-3)17-15(18)13-14-10-8-7-9-11-14/h4,14H,1,5-13H2,2-3H3,(H,17,18). The van der Waals surface area contributed by atoms with E-state index >= 15 is 0 Å². The average Bonchev–Trinajstić information content (AvgIpc) is 2.39. The smallest absolute Gasteiger partial charge is 0.220 e. The minimum atomic E-state index is -0.0620. The lowest BCUT2D eigenvalue weighted by atomic mass is 9.85. The van der Waals surface area contributed by atoms with Crippen LogP contribution in [0.5, 0.6) is 0 Å². The van der Waals surface area contributed by atoms with Gasteiger partial charge in [0.25, 0.3) is 0 Å². The third kappa shape index (κ3) is 4.47. The van der Waals surface area contributed by atoms with Gasteiger partial charge >= 0.3 is 0 Å². The molecule has 0 aliphatic heterocycles. The number of nitrogens with one attached hydrogen (secondary N) is 1. The quantitative estimate of drug-likeness (QED) is 0.675. The monoisotopic (exact) mass is 251 g/mol. The molecule has 0 radical (unpaired) electrons. The molecule has 2 heteroatoms. The van der Waals surface area contributed by atoms with Crippen molar-refractivity contribution in [2.75, 3.05) is 0 Å². The summed E-state index contributed by atoms with van der Waals surface area (Å²) in [5, 5.41) is 3.27. The molecule has 1 fully saturated rings. The van der Waals surface area contributed by atoms with Crippen LogP contribution in [0.3, 0.4) is 0 Å². The zero-order chi connectivity index (χ0) is 13.4. The summed E-state index contributed by atoms with van der Waals surface area (Å²) in [6.45, 7) is 8.11. The SMILES string of the molecule is C=CCC(CC)(CC)NC(=O)CC1CCCCC1. The Morgan fingerprint density at radius 1 is 1.28 bits per heavy atom. The Balaban J connectivity index is 2.47. The second-order valence-electron chi connectivity index (χ2n) is 5.74. The molecule has 1 N–H and O–H groups in total. The molecule has 0 aromatic heterocycles. The molecule has 0 heterocycles. The molecule has 18 heavy (non-hydrogen) atoms. The van der Waals surface area contributed by atoms with Crippen LogP contribution in [0, 0.1) is 5.92 Å². The second-order valence-corrected chi connectivity index (χ2v) is 5.74. The number of hydrogen-bond donors (Lipinski definition) is 1. The van der Waals surface area contributed by atoms with Crippen molar-refractivity contribution in [1.29, 1.82) is 0 Å². The Morgan fingerprint density at radius 2 is 1.89 bits per heavy atom. The Kier molecular flexibility index (Phi) is 6.45. The number of carbonyl (C=O) groups is 1. The van der Waals surface area contributed by atoms with Gasteiger partial charge in [-0.05, 0) is 38.0 Å². The van der Waals surface area contributed by atoms with Crippen molar-refractivity contribution in [2.45, 2.75) is 77.2 Å². The second kappa shape index (κ2) is 7.60. The van der Waals surface area contributed by atoms with Crippen molar-refractivity contribution in [3.05, 3.63) is 12.7 Å². The molecule has 0 atom stereocenters. The lowest BCUT2D eigenvalue weighted by Gasteiger charge is -2.33. The van der Waals surface area contributed by atoms with Gasteiger partial charge in [-0.25, -0.2) is 0 Å². The largest absolute Gasteiger partial charge is 0.350 e. The first-order valence-electron chi connectivity index (χ1n) is 7.57. The van der Waals surface area contributed by atoms with E-state index in [1.807, 2.05) is 6.08 Å². The van der Waals surface area contributed by atoms with E-state index in [9.17, 15) is 4.79 Å². The highest BCUT2D eigenvalue weighted by atomic mass is 16.1. The lowest BCUT2D eigenvalue weighted by Crippen LogP contribution is -2.47. The Hall–Kier alpha value is -0.790. The fourth-order valence-corrected chi connectivity index (χ4v) is 3.04. The lowest BCUT2D eigenvalue weighted by molar-refractivity contribution is -0.124. The minimum absolute atomic E-state index is 0.0620. The van der Waals surface area contributed by atoms with Gasteiger partial charge in [-0.15, -0.1) is 6.58 Å². The molecule has 1 aliphatic rings. The van der Waals surface area contributed by atoms with Crippen molar-refractivity contribution in [1.82, 2.24) is 5.32 Å². The van der Waals surface area contributed by atoms with Gasteiger partial charge in [0.15, 0.2) is 0 Å². The molecule has 1 aliphatic carbocycles. The van der Waals surface area contributed by atoms with E-state index in [2.05, 4.69) is 25.7 Å². The van der Waals surface area contributed by atoms with Gasteiger partial charge in [0.2, 0.25) is 5.91 Å². The van der Waals surface area contributed by atoms with E-state index in [-0.39, 0.29) is 11.4 Å². The number of amides is 1. The molecule has 0 aromatic carbocycles. The molecular weight excluding hydrogens is 222 g/mol. The van der Waals surface area contributed by atoms with E-state index in [1.165, 1.54) is 32.1 Å². The van der Waals surface area contributed by atoms with Crippen LogP contribution in [-0.4, -0.2) is 11.4 Å². The number of carbonyl (C=O) groups excluding carboxylic acids is 1. The summed E-state index contributed by atoms with van der Waals surface area (Å²) >= 11 is 0. The van der Waals surface area contributed by atoms with Gasteiger partial charge < -0.3 is 5.32 Å². The first kappa shape index (κ1) is 15.3. The fourth-order valence-electron chi connectivity index (χ4n) is 3.04.